The van der Waals surface area contributed by atoms with Gasteiger partial charge in [0.2, 0.25) is 0 Å². The van der Waals surface area contributed by atoms with Crippen molar-refractivity contribution >= 4 is 12.6 Å². The second kappa shape index (κ2) is 4.06. The van der Waals surface area contributed by atoms with Crippen LogP contribution in [-0.2, 0) is 5.92 Å². The van der Waals surface area contributed by atoms with Crippen molar-refractivity contribution in [1.82, 2.24) is 0 Å². The van der Waals surface area contributed by atoms with Gasteiger partial charge in [0.05, 0.1) is 0 Å². The van der Waals surface area contributed by atoms with E-state index in [2.05, 4.69) is 0 Å². The molecule has 0 saturated heterocycles. The van der Waals surface area contributed by atoms with Crippen LogP contribution in [0.4, 0.5) is 8.78 Å². The van der Waals surface area contributed by atoms with Crippen LogP contribution in [0.5, 0.6) is 0 Å². The Labute approximate surface area is 81.3 Å². The average Bonchev–Trinajstić information content (AvgIpc) is 2.18. The van der Waals surface area contributed by atoms with E-state index in [0.717, 1.165) is 0 Å². The molecule has 0 bridgehead atoms. The van der Waals surface area contributed by atoms with Crippen LogP contribution in [0.25, 0.3) is 0 Å². The van der Waals surface area contributed by atoms with Crippen LogP contribution in [0.15, 0.2) is 24.3 Å². The number of benzene rings is 1. The molecule has 0 unspecified atom stereocenters. The second-order valence-corrected chi connectivity index (χ2v) is 3.05. The van der Waals surface area contributed by atoms with Gasteiger partial charge in [-0.1, -0.05) is 31.2 Å². The monoisotopic (exact) mass is 200 g/mol. The Kier molecular flexibility index (Phi) is 3.23. The standard InChI is InChI=1S/C9H11BF2O2/c1-2-9(11,12)7-3-5-8(6-4-7)10(13)14/h3-6,13-14H,2H2,1H3. The molecule has 0 spiro atoms. The quantitative estimate of drug-likeness (QED) is 0.710. The van der Waals surface area contributed by atoms with E-state index < -0.39 is 13.0 Å². The Morgan fingerprint density at radius 1 is 1.21 bits per heavy atom. The zero-order chi connectivity index (χ0) is 10.8. The lowest BCUT2D eigenvalue weighted by Gasteiger charge is -2.14. The Morgan fingerprint density at radius 2 is 1.71 bits per heavy atom. The van der Waals surface area contributed by atoms with Crippen molar-refractivity contribution in [2.75, 3.05) is 0 Å². The molecule has 1 rings (SSSR count). The molecule has 0 atom stereocenters. The van der Waals surface area contributed by atoms with E-state index in [4.69, 9.17) is 10.0 Å². The third-order valence-electron chi connectivity index (χ3n) is 2.08. The SMILES string of the molecule is CCC(F)(F)c1ccc(B(O)O)cc1. The van der Waals surface area contributed by atoms with Gasteiger partial charge >= 0.3 is 7.12 Å². The van der Waals surface area contributed by atoms with Crippen LogP contribution >= 0.6 is 0 Å². The van der Waals surface area contributed by atoms with E-state index in [-0.39, 0.29) is 17.4 Å². The maximum atomic E-state index is 13.1. The van der Waals surface area contributed by atoms with Gasteiger partial charge in [-0.15, -0.1) is 0 Å². The van der Waals surface area contributed by atoms with Crippen molar-refractivity contribution < 1.29 is 18.8 Å². The van der Waals surface area contributed by atoms with E-state index >= 15 is 0 Å². The minimum absolute atomic E-state index is 0.107. The molecule has 14 heavy (non-hydrogen) atoms. The van der Waals surface area contributed by atoms with Crippen molar-refractivity contribution in [3.8, 4) is 0 Å². The molecule has 0 fully saturated rings. The fraction of sp³-hybridized carbons (Fsp3) is 0.333. The largest absolute Gasteiger partial charge is 0.488 e. The average molecular weight is 200 g/mol. The summed E-state index contributed by atoms with van der Waals surface area (Å²) in [4.78, 5) is 0. The first-order chi connectivity index (χ1) is 6.47. The smallest absolute Gasteiger partial charge is 0.423 e. The van der Waals surface area contributed by atoms with E-state index in [1.807, 2.05) is 0 Å². The maximum absolute atomic E-state index is 13.1. The molecule has 0 aliphatic rings. The summed E-state index contributed by atoms with van der Waals surface area (Å²) in [6.07, 6.45) is -0.270. The minimum Gasteiger partial charge on any atom is -0.423 e. The van der Waals surface area contributed by atoms with Crippen LogP contribution in [0.3, 0.4) is 0 Å². The number of rotatable bonds is 3. The first-order valence-corrected chi connectivity index (χ1v) is 4.32. The molecule has 2 N–H and O–H groups in total. The molecule has 76 valence electrons. The van der Waals surface area contributed by atoms with E-state index in [9.17, 15) is 8.78 Å². The van der Waals surface area contributed by atoms with Gasteiger partial charge in [0.1, 0.15) is 0 Å². The van der Waals surface area contributed by atoms with Crippen LogP contribution in [0.1, 0.15) is 18.9 Å². The first-order valence-electron chi connectivity index (χ1n) is 4.32. The van der Waals surface area contributed by atoms with Gasteiger partial charge in [0.15, 0.2) is 0 Å². The molecule has 0 heterocycles. The van der Waals surface area contributed by atoms with Gasteiger partial charge in [-0.2, -0.15) is 0 Å². The normalized spacial score (nSPS) is 11.5. The molecule has 1 aromatic rings. The van der Waals surface area contributed by atoms with Crippen molar-refractivity contribution in [2.45, 2.75) is 19.3 Å². The van der Waals surface area contributed by atoms with Gasteiger partial charge in [0, 0.05) is 12.0 Å². The fourth-order valence-electron chi connectivity index (χ4n) is 1.10. The molecule has 2 nitrogen and oxygen atoms in total. The van der Waals surface area contributed by atoms with Gasteiger partial charge in [-0.3, -0.25) is 0 Å². The molecular weight excluding hydrogens is 189 g/mol. The van der Waals surface area contributed by atoms with E-state index in [1.165, 1.54) is 31.2 Å². The fourth-order valence-corrected chi connectivity index (χ4v) is 1.10. The summed E-state index contributed by atoms with van der Waals surface area (Å²) >= 11 is 0. The third kappa shape index (κ3) is 2.30. The summed E-state index contributed by atoms with van der Waals surface area (Å²) in [5.74, 6) is -2.85. The summed E-state index contributed by atoms with van der Waals surface area (Å²) in [6, 6.07) is 4.98. The predicted octanol–water partition coefficient (Wildman–Crippen LogP) is 0.868. The van der Waals surface area contributed by atoms with Gasteiger partial charge in [-0.05, 0) is 5.46 Å². The third-order valence-corrected chi connectivity index (χ3v) is 2.08. The number of hydrogen-bond donors (Lipinski definition) is 2. The Bertz CT molecular complexity index is 298. The maximum Gasteiger partial charge on any atom is 0.488 e. The van der Waals surface area contributed by atoms with Crippen LogP contribution in [-0.4, -0.2) is 17.2 Å². The van der Waals surface area contributed by atoms with Crippen molar-refractivity contribution in [3.63, 3.8) is 0 Å². The highest BCUT2D eigenvalue weighted by Crippen LogP contribution is 2.30. The summed E-state index contributed by atoms with van der Waals surface area (Å²) in [5.41, 5.74) is 0.102. The molecule has 0 saturated carbocycles. The Morgan fingerprint density at radius 3 is 2.07 bits per heavy atom. The van der Waals surface area contributed by atoms with Crippen LogP contribution in [0.2, 0.25) is 0 Å². The lowest BCUT2D eigenvalue weighted by Crippen LogP contribution is -2.29. The number of alkyl halides is 2. The van der Waals surface area contributed by atoms with Gasteiger partial charge < -0.3 is 10.0 Å². The lowest BCUT2D eigenvalue weighted by atomic mass is 9.80. The molecule has 5 heteroatoms. The highest BCUT2D eigenvalue weighted by atomic mass is 19.3. The molecular formula is C9H11BF2O2. The molecule has 0 aromatic heterocycles. The minimum atomic E-state index is -2.85. The van der Waals surface area contributed by atoms with E-state index in [1.54, 1.807) is 0 Å². The highest BCUT2D eigenvalue weighted by molar-refractivity contribution is 6.58. The zero-order valence-corrected chi connectivity index (χ0v) is 7.74. The molecule has 0 aliphatic heterocycles. The van der Waals surface area contributed by atoms with Crippen LogP contribution < -0.4 is 5.46 Å². The van der Waals surface area contributed by atoms with Crippen molar-refractivity contribution in [3.05, 3.63) is 29.8 Å². The molecule has 0 radical (unpaired) electrons. The Hall–Kier alpha value is -0.935. The Balaban J connectivity index is 2.94. The van der Waals surface area contributed by atoms with Crippen molar-refractivity contribution in [2.24, 2.45) is 0 Å². The van der Waals surface area contributed by atoms with Crippen LogP contribution in [0, 0.1) is 0 Å². The molecule has 0 aliphatic carbocycles. The first kappa shape index (κ1) is 11.1. The number of halogens is 2. The zero-order valence-electron chi connectivity index (χ0n) is 7.74. The summed E-state index contributed by atoms with van der Waals surface area (Å²) in [5, 5.41) is 17.5. The van der Waals surface area contributed by atoms with Gasteiger partial charge in [0.25, 0.3) is 5.92 Å². The highest BCUT2D eigenvalue weighted by Gasteiger charge is 2.28. The topological polar surface area (TPSA) is 40.5 Å². The second-order valence-electron chi connectivity index (χ2n) is 3.05. The van der Waals surface area contributed by atoms with Gasteiger partial charge in [-0.25, -0.2) is 8.78 Å². The number of hydrogen-bond acceptors (Lipinski definition) is 2. The molecule has 0 amide bonds. The summed E-state index contributed by atoms with van der Waals surface area (Å²) < 4.78 is 26.2. The molecule has 1 aromatic carbocycles. The van der Waals surface area contributed by atoms with Crippen molar-refractivity contribution in [1.29, 1.82) is 0 Å². The summed E-state index contributed by atoms with van der Waals surface area (Å²) in [6.45, 7) is 1.40. The predicted molar refractivity (Wildman–Crippen MR) is 50.5 cm³/mol. The summed E-state index contributed by atoms with van der Waals surface area (Å²) in [7, 11) is -1.61. The van der Waals surface area contributed by atoms with E-state index in [0.29, 0.717) is 0 Å². The lowest BCUT2D eigenvalue weighted by molar-refractivity contribution is -0.00827.